The molecule has 10 nitrogen and oxygen atoms in total. The molecule has 1 aromatic carbocycles. The lowest BCUT2D eigenvalue weighted by Crippen LogP contribution is -2.58. The molecule has 4 unspecified atom stereocenters. The van der Waals surface area contributed by atoms with Gasteiger partial charge in [-0.25, -0.2) is 0 Å². The fraction of sp³-hybridized carbons (Fsp3) is 0.444. The Morgan fingerprint density at radius 3 is 1.96 bits per heavy atom. The van der Waals surface area contributed by atoms with Crippen LogP contribution in [0.5, 0.6) is 0 Å². The van der Waals surface area contributed by atoms with Gasteiger partial charge in [-0.2, -0.15) is 0 Å². The van der Waals surface area contributed by atoms with Crippen molar-refractivity contribution in [2.45, 2.75) is 44.4 Å². The zero-order chi connectivity index (χ0) is 21.3. The number of aliphatic hydroxyl groups excluding tert-OH is 1. The minimum Gasteiger partial charge on any atom is -0.480 e. The predicted molar refractivity (Wildman–Crippen MR) is 100.0 cm³/mol. The third kappa shape index (κ3) is 7.33. The number of aliphatic carboxylic acids is 1. The topological polar surface area (TPSA) is 171 Å². The normalized spacial score (nSPS) is 14.9. The van der Waals surface area contributed by atoms with Gasteiger partial charge < -0.3 is 31.9 Å². The average molecular weight is 394 g/mol. The van der Waals surface area contributed by atoms with Crippen LogP contribution in [0.4, 0.5) is 0 Å². The third-order valence-corrected chi connectivity index (χ3v) is 3.87. The van der Waals surface area contributed by atoms with Crippen LogP contribution in [0.2, 0.25) is 0 Å². The molecular formula is C18H26N4O6. The molecule has 1 aromatic rings. The number of carbonyl (C=O) groups is 4. The van der Waals surface area contributed by atoms with E-state index in [1.165, 1.54) is 13.8 Å². The van der Waals surface area contributed by atoms with Crippen LogP contribution in [0.15, 0.2) is 30.3 Å². The van der Waals surface area contributed by atoms with E-state index in [-0.39, 0.29) is 6.42 Å². The number of amides is 3. The molecule has 0 aliphatic rings. The molecule has 7 N–H and O–H groups in total. The van der Waals surface area contributed by atoms with Crippen LogP contribution in [0.1, 0.15) is 19.4 Å². The molecule has 4 atom stereocenters. The Morgan fingerprint density at radius 1 is 0.929 bits per heavy atom. The van der Waals surface area contributed by atoms with Crippen LogP contribution in [0.25, 0.3) is 0 Å². The lowest BCUT2D eigenvalue weighted by Gasteiger charge is -2.23. The van der Waals surface area contributed by atoms with Crippen molar-refractivity contribution in [3.63, 3.8) is 0 Å². The predicted octanol–water partition coefficient (Wildman–Crippen LogP) is -1.87. The molecule has 3 amide bonds. The van der Waals surface area contributed by atoms with Gasteiger partial charge in [0.2, 0.25) is 17.7 Å². The van der Waals surface area contributed by atoms with Crippen molar-refractivity contribution in [1.82, 2.24) is 16.0 Å². The Kier molecular flexibility index (Phi) is 9.06. The number of benzene rings is 1. The molecular weight excluding hydrogens is 368 g/mol. The molecule has 0 fully saturated rings. The Morgan fingerprint density at radius 2 is 1.46 bits per heavy atom. The van der Waals surface area contributed by atoms with Gasteiger partial charge in [0.15, 0.2) is 0 Å². The molecule has 0 bridgehead atoms. The standard InChI is InChI=1S/C18H26N4O6/c1-10(19)15(24)21-13(8-12-6-4-3-5-7-12)16(25)22-14(9-23)17(26)20-11(2)18(27)28/h3-7,10-11,13-14,23H,8-9,19H2,1-2H3,(H,20,26)(H,21,24)(H,22,25)(H,27,28). The highest BCUT2D eigenvalue weighted by molar-refractivity contribution is 5.94. The second-order valence-electron chi connectivity index (χ2n) is 6.35. The molecule has 154 valence electrons. The van der Waals surface area contributed by atoms with Crippen LogP contribution < -0.4 is 21.7 Å². The van der Waals surface area contributed by atoms with Crippen molar-refractivity contribution in [2.24, 2.45) is 5.73 Å². The second kappa shape index (κ2) is 11.0. The van der Waals surface area contributed by atoms with E-state index in [4.69, 9.17) is 10.8 Å². The molecule has 0 spiro atoms. The second-order valence-corrected chi connectivity index (χ2v) is 6.35. The summed E-state index contributed by atoms with van der Waals surface area (Å²) in [6, 6.07) is 4.42. The quantitative estimate of drug-likeness (QED) is 0.270. The van der Waals surface area contributed by atoms with Crippen LogP contribution in [0, 0.1) is 0 Å². The van der Waals surface area contributed by atoms with Crippen molar-refractivity contribution in [1.29, 1.82) is 0 Å². The largest absolute Gasteiger partial charge is 0.480 e. The van der Waals surface area contributed by atoms with E-state index in [9.17, 15) is 24.3 Å². The zero-order valence-electron chi connectivity index (χ0n) is 15.7. The summed E-state index contributed by atoms with van der Waals surface area (Å²) in [4.78, 5) is 47.5. The molecule has 0 saturated heterocycles. The van der Waals surface area contributed by atoms with Crippen LogP contribution in [0.3, 0.4) is 0 Å². The fourth-order valence-electron chi connectivity index (χ4n) is 2.20. The van der Waals surface area contributed by atoms with Crippen LogP contribution in [-0.2, 0) is 25.6 Å². The molecule has 0 aliphatic carbocycles. The molecule has 1 rings (SSSR count). The molecule has 0 saturated carbocycles. The maximum Gasteiger partial charge on any atom is 0.325 e. The number of carboxylic acids is 1. The number of carboxylic acid groups (broad SMARTS) is 1. The van der Waals surface area contributed by atoms with Gasteiger partial charge in [0, 0.05) is 6.42 Å². The highest BCUT2D eigenvalue weighted by atomic mass is 16.4. The van der Waals surface area contributed by atoms with E-state index < -0.39 is 54.5 Å². The van der Waals surface area contributed by atoms with E-state index in [0.717, 1.165) is 5.56 Å². The number of hydrogen-bond acceptors (Lipinski definition) is 6. The third-order valence-electron chi connectivity index (χ3n) is 3.87. The Labute approximate surface area is 162 Å². The molecule has 0 aromatic heterocycles. The van der Waals surface area contributed by atoms with E-state index in [1.807, 2.05) is 0 Å². The average Bonchev–Trinajstić information content (AvgIpc) is 2.65. The minimum absolute atomic E-state index is 0.135. The number of carbonyl (C=O) groups excluding carboxylic acids is 3. The number of nitrogens with one attached hydrogen (secondary N) is 3. The highest BCUT2D eigenvalue weighted by Crippen LogP contribution is 2.04. The first-order valence-electron chi connectivity index (χ1n) is 8.70. The maximum absolute atomic E-state index is 12.6. The smallest absolute Gasteiger partial charge is 0.325 e. The van der Waals surface area contributed by atoms with Crippen molar-refractivity contribution >= 4 is 23.7 Å². The van der Waals surface area contributed by atoms with Gasteiger partial charge in [0.1, 0.15) is 18.1 Å². The summed E-state index contributed by atoms with van der Waals surface area (Å²) in [5, 5.41) is 25.3. The van der Waals surface area contributed by atoms with Crippen LogP contribution in [-0.4, -0.2) is 64.7 Å². The lowest BCUT2D eigenvalue weighted by atomic mass is 10.0. The van der Waals surface area contributed by atoms with Crippen molar-refractivity contribution in [3.8, 4) is 0 Å². The van der Waals surface area contributed by atoms with Crippen molar-refractivity contribution in [2.75, 3.05) is 6.61 Å². The Balaban J connectivity index is 2.89. The zero-order valence-corrected chi connectivity index (χ0v) is 15.7. The Bertz CT molecular complexity index is 695. The van der Waals surface area contributed by atoms with Crippen molar-refractivity contribution in [3.05, 3.63) is 35.9 Å². The van der Waals surface area contributed by atoms with Gasteiger partial charge in [-0.1, -0.05) is 30.3 Å². The number of aliphatic hydroxyl groups is 1. The lowest BCUT2D eigenvalue weighted by molar-refractivity contribution is -0.142. The van der Waals surface area contributed by atoms with E-state index in [0.29, 0.717) is 0 Å². The number of rotatable bonds is 10. The first kappa shape index (κ1) is 23.1. The van der Waals surface area contributed by atoms with E-state index >= 15 is 0 Å². The summed E-state index contributed by atoms with van der Waals surface area (Å²) in [7, 11) is 0. The van der Waals surface area contributed by atoms with Gasteiger partial charge in [-0.3, -0.25) is 19.2 Å². The molecule has 0 aliphatic heterocycles. The van der Waals surface area contributed by atoms with E-state index in [1.54, 1.807) is 30.3 Å². The van der Waals surface area contributed by atoms with Gasteiger partial charge in [-0.15, -0.1) is 0 Å². The first-order valence-corrected chi connectivity index (χ1v) is 8.70. The summed E-state index contributed by atoms with van der Waals surface area (Å²) in [5.74, 6) is -3.39. The monoisotopic (exact) mass is 394 g/mol. The maximum atomic E-state index is 12.6. The summed E-state index contributed by atoms with van der Waals surface area (Å²) < 4.78 is 0. The summed E-state index contributed by atoms with van der Waals surface area (Å²) in [5.41, 5.74) is 6.29. The number of nitrogens with two attached hydrogens (primary N) is 1. The molecule has 28 heavy (non-hydrogen) atoms. The SMILES string of the molecule is CC(N)C(=O)NC(Cc1ccccc1)C(=O)NC(CO)C(=O)NC(C)C(=O)O. The minimum atomic E-state index is -1.38. The van der Waals surface area contributed by atoms with Gasteiger partial charge >= 0.3 is 5.97 Å². The van der Waals surface area contributed by atoms with Gasteiger partial charge in [0.05, 0.1) is 12.6 Å². The summed E-state index contributed by atoms with van der Waals surface area (Å²) in [6.07, 6.45) is 0.135. The van der Waals surface area contributed by atoms with Crippen LogP contribution >= 0.6 is 0 Å². The van der Waals surface area contributed by atoms with Crippen molar-refractivity contribution < 1.29 is 29.4 Å². The molecule has 0 heterocycles. The molecule has 0 radical (unpaired) electrons. The van der Waals surface area contributed by atoms with Gasteiger partial charge in [0.25, 0.3) is 0 Å². The highest BCUT2D eigenvalue weighted by Gasteiger charge is 2.28. The first-order chi connectivity index (χ1) is 13.1. The summed E-state index contributed by atoms with van der Waals surface area (Å²) >= 11 is 0. The van der Waals surface area contributed by atoms with Gasteiger partial charge in [-0.05, 0) is 19.4 Å². The van der Waals surface area contributed by atoms with E-state index in [2.05, 4.69) is 16.0 Å². The molecule has 10 heteroatoms. The summed E-state index contributed by atoms with van der Waals surface area (Å²) in [6.45, 7) is 1.96. The number of hydrogen-bond donors (Lipinski definition) is 6. The Hall–Kier alpha value is -2.98. The fourth-order valence-corrected chi connectivity index (χ4v) is 2.20.